The zero-order chi connectivity index (χ0) is 17.0. The third-order valence-electron chi connectivity index (χ3n) is 4.33. The molecule has 6 heteroatoms. The molecule has 2 atom stereocenters. The number of benzene rings is 1. The zero-order valence-corrected chi connectivity index (χ0v) is 14.2. The molecule has 0 aliphatic heterocycles. The first-order chi connectivity index (χ1) is 10.8. The molecular formula is C17H22FNO3S. The minimum atomic E-state index is -3.19. The average molecular weight is 339 g/mol. The van der Waals surface area contributed by atoms with Crippen molar-refractivity contribution in [2.45, 2.75) is 37.0 Å². The lowest BCUT2D eigenvalue weighted by Gasteiger charge is -2.36. The lowest BCUT2D eigenvalue weighted by atomic mass is 9.93. The Labute approximate surface area is 136 Å². The number of amides is 1. The van der Waals surface area contributed by atoms with Crippen LogP contribution < -0.4 is 0 Å². The van der Waals surface area contributed by atoms with Crippen molar-refractivity contribution in [1.29, 1.82) is 0 Å². The topological polar surface area (TPSA) is 54.5 Å². The summed E-state index contributed by atoms with van der Waals surface area (Å²) in [6.07, 6.45) is 7.21. The van der Waals surface area contributed by atoms with Crippen LogP contribution >= 0.6 is 0 Å². The molecule has 1 amide bonds. The highest BCUT2D eigenvalue weighted by atomic mass is 32.2. The van der Waals surface area contributed by atoms with E-state index in [0.29, 0.717) is 18.4 Å². The van der Waals surface area contributed by atoms with Gasteiger partial charge in [-0.1, -0.05) is 25.0 Å². The summed E-state index contributed by atoms with van der Waals surface area (Å²) in [4.78, 5) is 13.8. The summed E-state index contributed by atoms with van der Waals surface area (Å²) in [7, 11) is -1.56. The van der Waals surface area contributed by atoms with Gasteiger partial charge in [0.1, 0.15) is 5.82 Å². The van der Waals surface area contributed by atoms with E-state index in [4.69, 9.17) is 0 Å². The van der Waals surface area contributed by atoms with Crippen LogP contribution in [0.3, 0.4) is 0 Å². The first-order valence-corrected chi connectivity index (χ1v) is 9.64. The summed E-state index contributed by atoms with van der Waals surface area (Å²) in [6, 6.07) is 5.65. The fourth-order valence-electron chi connectivity index (χ4n) is 3.08. The number of carbonyl (C=O) groups excluding carboxylic acids is 1. The van der Waals surface area contributed by atoms with E-state index < -0.39 is 15.1 Å². The molecule has 1 aliphatic rings. The number of sulfone groups is 1. The van der Waals surface area contributed by atoms with E-state index in [0.717, 1.165) is 12.8 Å². The maximum atomic E-state index is 13.1. The lowest BCUT2D eigenvalue weighted by Crippen LogP contribution is -2.48. The fourth-order valence-corrected chi connectivity index (χ4v) is 4.56. The minimum absolute atomic E-state index is 0.269. The van der Waals surface area contributed by atoms with Crippen LogP contribution in [0, 0.1) is 5.82 Å². The molecular weight excluding hydrogens is 317 g/mol. The van der Waals surface area contributed by atoms with E-state index in [2.05, 4.69) is 0 Å². The normalized spacial score (nSPS) is 22.2. The van der Waals surface area contributed by atoms with Crippen molar-refractivity contribution in [2.24, 2.45) is 0 Å². The SMILES string of the molecule is CN(C(=O)C=Cc1cccc(F)c1)C1CCCCC1S(C)(=O)=O. The first kappa shape index (κ1) is 17.7. The van der Waals surface area contributed by atoms with Crippen molar-refractivity contribution in [2.75, 3.05) is 13.3 Å². The smallest absolute Gasteiger partial charge is 0.246 e. The van der Waals surface area contributed by atoms with Crippen LogP contribution in [0.5, 0.6) is 0 Å². The van der Waals surface area contributed by atoms with Gasteiger partial charge in [-0.05, 0) is 36.6 Å². The Kier molecular flexibility index (Phi) is 5.57. The Morgan fingerprint density at radius 3 is 2.65 bits per heavy atom. The second-order valence-corrected chi connectivity index (χ2v) is 8.32. The predicted molar refractivity (Wildman–Crippen MR) is 89.1 cm³/mol. The summed E-state index contributed by atoms with van der Waals surface area (Å²) in [6.45, 7) is 0. The van der Waals surface area contributed by atoms with Gasteiger partial charge in [0.2, 0.25) is 5.91 Å². The molecule has 0 heterocycles. The highest BCUT2D eigenvalue weighted by molar-refractivity contribution is 7.91. The van der Waals surface area contributed by atoms with Crippen LogP contribution in [0.25, 0.3) is 6.08 Å². The molecule has 1 aromatic carbocycles. The zero-order valence-electron chi connectivity index (χ0n) is 13.4. The van der Waals surface area contributed by atoms with E-state index in [-0.39, 0.29) is 17.8 Å². The van der Waals surface area contributed by atoms with Gasteiger partial charge in [-0.2, -0.15) is 0 Å². The van der Waals surface area contributed by atoms with E-state index >= 15 is 0 Å². The number of halogens is 1. The van der Waals surface area contributed by atoms with Crippen LogP contribution in [-0.4, -0.2) is 43.8 Å². The minimum Gasteiger partial charge on any atom is -0.338 e. The molecule has 2 unspecified atom stereocenters. The molecule has 1 fully saturated rings. The van der Waals surface area contributed by atoms with Gasteiger partial charge in [0, 0.05) is 25.4 Å². The Morgan fingerprint density at radius 1 is 1.30 bits per heavy atom. The molecule has 1 aromatic rings. The van der Waals surface area contributed by atoms with Crippen LogP contribution in [0.4, 0.5) is 4.39 Å². The number of nitrogens with zero attached hydrogens (tertiary/aromatic N) is 1. The van der Waals surface area contributed by atoms with Gasteiger partial charge in [0.05, 0.1) is 5.25 Å². The van der Waals surface area contributed by atoms with Crippen molar-refractivity contribution < 1.29 is 17.6 Å². The molecule has 0 bridgehead atoms. The molecule has 1 saturated carbocycles. The van der Waals surface area contributed by atoms with Gasteiger partial charge in [-0.15, -0.1) is 0 Å². The third kappa shape index (κ3) is 4.64. The van der Waals surface area contributed by atoms with Gasteiger partial charge in [-0.25, -0.2) is 12.8 Å². The van der Waals surface area contributed by atoms with E-state index in [1.807, 2.05) is 0 Å². The molecule has 126 valence electrons. The summed E-state index contributed by atoms with van der Waals surface area (Å²) >= 11 is 0. The number of hydrogen-bond donors (Lipinski definition) is 0. The van der Waals surface area contributed by atoms with Crippen molar-refractivity contribution in [1.82, 2.24) is 4.90 Å². The largest absolute Gasteiger partial charge is 0.338 e. The number of rotatable bonds is 4. The van der Waals surface area contributed by atoms with Crippen molar-refractivity contribution >= 4 is 21.8 Å². The van der Waals surface area contributed by atoms with Gasteiger partial charge in [0.15, 0.2) is 9.84 Å². The maximum Gasteiger partial charge on any atom is 0.246 e. The van der Waals surface area contributed by atoms with Crippen LogP contribution in [0.1, 0.15) is 31.2 Å². The van der Waals surface area contributed by atoms with Crippen molar-refractivity contribution in [3.05, 3.63) is 41.7 Å². The van der Waals surface area contributed by atoms with Gasteiger partial charge in [-0.3, -0.25) is 4.79 Å². The second kappa shape index (κ2) is 7.25. The molecule has 0 spiro atoms. The van der Waals surface area contributed by atoms with Crippen LogP contribution in [0.2, 0.25) is 0 Å². The molecule has 0 aromatic heterocycles. The molecule has 1 aliphatic carbocycles. The number of carbonyl (C=O) groups is 1. The first-order valence-electron chi connectivity index (χ1n) is 7.68. The fraction of sp³-hybridized carbons (Fsp3) is 0.471. The molecule has 0 radical (unpaired) electrons. The summed E-state index contributed by atoms with van der Waals surface area (Å²) in [5.41, 5.74) is 0.593. The Bertz CT molecular complexity index is 700. The Hall–Kier alpha value is -1.69. The van der Waals surface area contributed by atoms with E-state index in [1.54, 1.807) is 25.3 Å². The molecule has 0 N–H and O–H groups in total. The summed E-state index contributed by atoms with van der Waals surface area (Å²) in [5.74, 6) is -0.632. The van der Waals surface area contributed by atoms with Gasteiger partial charge in [0.25, 0.3) is 0 Å². The highest BCUT2D eigenvalue weighted by Crippen LogP contribution is 2.27. The molecule has 0 saturated heterocycles. The van der Waals surface area contributed by atoms with Crippen LogP contribution in [-0.2, 0) is 14.6 Å². The Balaban J connectivity index is 2.11. The quantitative estimate of drug-likeness (QED) is 0.793. The molecule has 23 heavy (non-hydrogen) atoms. The van der Waals surface area contributed by atoms with Gasteiger partial charge < -0.3 is 4.90 Å². The summed E-state index contributed by atoms with van der Waals surface area (Å²) < 4.78 is 37.0. The van der Waals surface area contributed by atoms with Crippen molar-refractivity contribution in [3.63, 3.8) is 0 Å². The summed E-state index contributed by atoms with van der Waals surface area (Å²) in [5, 5.41) is -0.507. The lowest BCUT2D eigenvalue weighted by molar-refractivity contribution is -0.127. The van der Waals surface area contributed by atoms with Gasteiger partial charge >= 0.3 is 0 Å². The van der Waals surface area contributed by atoms with E-state index in [1.165, 1.54) is 29.4 Å². The van der Waals surface area contributed by atoms with Crippen molar-refractivity contribution in [3.8, 4) is 0 Å². The maximum absolute atomic E-state index is 13.1. The number of likely N-dealkylation sites (N-methyl/N-ethyl adjacent to an activating group) is 1. The molecule has 2 rings (SSSR count). The highest BCUT2D eigenvalue weighted by Gasteiger charge is 2.36. The second-order valence-electron chi connectivity index (χ2n) is 6.06. The predicted octanol–water partition coefficient (Wildman–Crippen LogP) is 2.65. The van der Waals surface area contributed by atoms with Crippen LogP contribution in [0.15, 0.2) is 30.3 Å². The monoisotopic (exact) mass is 339 g/mol. The Morgan fingerprint density at radius 2 is 2.00 bits per heavy atom. The number of hydrogen-bond acceptors (Lipinski definition) is 3. The standard InChI is InChI=1S/C17H22FNO3S/c1-19(15-8-3-4-9-16(15)23(2,21)22)17(20)11-10-13-6-5-7-14(18)12-13/h5-7,10-12,15-16H,3-4,8-9H2,1-2H3. The van der Waals surface area contributed by atoms with E-state index in [9.17, 15) is 17.6 Å². The third-order valence-corrected chi connectivity index (χ3v) is 5.98. The average Bonchev–Trinajstić information content (AvgIpc) is 2.51. The molecule has 4 nitrogen and oxygen atoms in total.